The molecule has 0 aromatic carbocycles. The molecule has 3 nitrogen and oxygen atoms in total. The minimum Gasteiger partial charge on any atom is -0.378 e. The van der Waals surface area contributed by atoms with E-state index in [1.54, 1.807) is 6.92 Å². The molecule has 0 radical (unpaired) electrons. The Balaban J connectivity index is 1.50. The van der Waals surface area contributed by atoms with E-state index in [1.165, 1.54) is 51.4 Å². The standard InChI is InChI=1S/C17H31NO2/c1-14-5-7-17(8-6-14)20-13-3-4-16-9-11-18(12-10-16)15(2)19/h14,16-17H,3-13H2,1-2H3/t14-,17-. The summed E-state index contributed by atoms with van der Waals surface area (Å²) in [6.45, 7) is 6.89. The zero-order valence-electron chi connectivity index (χ0n) is 13.3. The number of rotatable bonds is 5. The quantitative estimate of drug-likeness (QED) is 0.720. The molecule has 0 unspecified atom stereocenters. The highest BCUT2D eigenvalue weighted by atomic mass is 16.5. The molecular weight excluding hydrogens is 250 g/mol. The summed E-state index contributed by atoms with van der Waals surface area (Å²) >= 11 is 0. The van der Waals surface area contributed by atoms with Crippen molar-refractivity contribution in [2.75, 3.05) is 19.7 Å². The lowest BCUT2D eigenvalue weighted by Gasteiger charge is -2.31. The summed E-state index contributed by atoms with van der Waals surface area (Å²) in [5.74, 6) is 1.94. The van der Waals surface area contributed by atoms with Gasteiger partial charge in [0.05, 0.1) is 6.10 Å². The normalized spacial score (nSPS) is 28.6. The van der Waals surface area contributed by atoms with Crippen LogP contribution in [0.1, 0.15) is 65.2 Å². The largest absolute Gasteiger partial charge is 0.378 e. The van der Waals surface area contributed by atoms with Gasteiger partial charge in [-0.2, -0.15) is 0 Å². The lowest BCUT2D eigenvalue weighted by atomic mass is 9.89. The first-order valence-corrected chi connectivity index (χ1v) is 8.52. The molecule has 2 rings (SSSR count). The fraction of sp³-hybridized carbons (Fsp3) is 0.941. The molecular formula is C17H31NO2. The van der Waals surface area contributed by atoms with Crippen LogP contribution in [0.3, 0.4) is 0 Å². The second kappa shape index (κ2) is 8.02. The van der Waals surface area contributed by atoms with Crippen molar-refractivity contribution in [1.82, 2.24) is 4.90 Å². The molecule has 1 heterocycles. The van der Waals surface area contributed by atoms with E-state index in [0.29, 0.717) is 6.10 Å². The van der Waals surface area contributed by atoms with Gasteiger partial charge in [-0.15, -0.1) is 0 Å². The van der Waals surface area contributed by atoms with Crippen molar-refractivity contribution in [2.24, 2.45) is 11.8 Å². The molecule has 1 saturated carbocycles. The topological polar surface area (TPSA) is 29.5 Å². The summed E-state index contributed by atoms with van der Waals surface area (Å²) in [7, 11) is 0. The Bertz CT molecular complexity index is 289. The summed E-state index contributed by atoms with van der Waals surface area (Å²) in [6, 6.07) is 0. The number of hydrogen-bond acceptors (Lipinski definition) is 2. The van der Waals surface area contributed by atoms with Crippen LogP contribution in [-0.4, -0.2) is 36.6 Å². The first kappa shape index (κ1) is 15.8. The van der Waals surface area contributed by atoms with Crippen LogP contribution in [-0.2, 0) is 9.53 Å². The smallest absolute Gasteiger partial charge is 0.219 e. The van der Waals surface area contributed by atoms with E-state index >= 15 is 0 Å². The van der Waals surface area contributed by atoms with E-state index in [0.717, 1.165) is 31.5 Å². The molecule has 1 aliphatic carbocycles. The Hall–Kier alpha value is -0.570. The van der Waals surface area contributed by atoms with Crippen LogP contribution in [0.2, 0.25) is 0 Å². The van der Waals surface area contributed by atoms with Gasteiger partial charge in [0.25, 0.3) is 0 Å². The van der Waals surface area contributed by atoms with Gasteiger partial charge in [-0.25, -0.2) is 0 Å². The van der Waals surface area contributed by atoms with Crippen LogP contribution in [0, 0.1) is 11.8 Å². The predicted molar refractivity (Wildman–Crippen MR) is 81.6 cm³/mol. The molecule has 20 heavy (non-hydrogen) atoms. The number of piperidine rings is 1. The summed E-state index contributed by atoms with van der Waals surface area (Å²) in [5.41, 5.74) is 0. The van der Waals surface area contributed by atoms with Gasteiger partial charge in [0.2, 0.25) is 5.91 Å². The van der Waals surface area contributed by atoms with Gasteiger partial charge >= 0.3 is 0 Å². The number of likely N-dealkylation sites (tertiary alicyclic amines) is 1. The molecule has 0 bridgehead atoms. The SMILES string of the molecule is CC(=O)N1CCC(CCCO[C@H]2CC[C@H](C)CC2)CC1. The van der Waals surface area contributed by atoms with Crippen molar-refractivity contribution < 1.29 is 9.53 Å². The molecule has 116 valence electrons. The Morgan fingerprint density at radius 2 is 1.75 bits per heavy atom. The molecule has 0 atom stereocenters. The summed E-state index contributed by atoms with van der Waals surface area (Å²) in [4.78, 5) is 13.3. The minimum atomic E-state index is 0.235. The summed E-state index contributed by atoms with van der Waals surface area (Å²) < 4.78 is 6.02. The third-order valence-corrected chi connectivity index (χ3v) is 5.13. The maximum Gasteiger partial charge on any atom is 0.219 e. The lowest BCUT2D eigenvalue weighted by Crippen LogP contribution is -2.37. The van der Waals surface area contributed by atoms with Crippen LogP contribution in [0.5, 0.6) is 0 Å². The van der Waals surface area contributed by atoms with Gasteiger partial charge in [0.1, 0.15) is 0 Å². The molecule has 0 aromatic rings. The van der Waals surface area contributed by atoms with Crippen LogP contribution in [0.4, 0.5) is 0 Å². The highest BCUT2D eigenvalue weighted by Gasteiger charge is 2.21. The van der Waals surface area contributed by atoms with E-state index < -0.39 is 0 Å². The van der Waals surface area contributed by atoms with Crippen molar-refractivity contribution in [3.8, 4) is 0 Å². The number of carbonyl (C=O) groups is 1. The van der Waals surface area contributed by atoms with Gasteiger partial charge in [0, 0.05) is 26.6 Å². The first-order chi connectivity index (χ1) is 9.65. The van der Waals surface area contributed by atoms with Crippen molar-refractivity contribution in [3.63, 3.8) is 0 Å². The highest BCUT2D eigenvalue weighted by molar-refractivity contribution is 5.73. The average Bonchev–Trinajstić information content (AvgIpc) is 2.46. The highest BCUT2D eigenvalue weighted by Crippen LogP contribution is 2.26. The third kappa shape index (κ3) is 5.08. The lowest BCUT2D eigenvalue weighted by molar-refractivity contribution is -0.130. The zero-order chi connectivity index (χ0) is 14.4. The summed E-state index contributed by atoms with van der Waals surface area (Å²) in [6.07, 6.45) is 10.6. The Labute approximate surface area is 124 Å². The van der Waals surface area contributed by atoms with E-state index in [1.807, 2.05) is 4.90 Å². The number of carbonyl (C=O) groups excluding carboxylic acids is 1. The molecule has 1 saturated heterocycles. The van der Waals surface area contributed by atoms with Crippen LogP contribution < -0.4 is 0 Å². The molecule has 0 spiro atoms. The van der Waals surface area contributed by atoms with Crippen molar-refractivity contribution in [3.05, 3.63) is 0 Å². The van der Waals surface area contributed by atoms with Gasteiger partial charge in [0.15, 0.2) is 0 Å². The molecule has 3 heteroatoms. The minimum absolute atomic E-state index is 0.235. The zero-order valence-corrected chi connectivity index (χ0v) is 13.3. The third-order valence-electron chi connectivity index (χ3n) is 5.13. The predicted octanol–water partition coefficient (Wildman–Crippen LogP) is 3.62. The average molecular weight is 281 g/mol. The van der Waals surface area contributed by atoms with Crippen molar-refractivity contribution in [1.29, 1.82) is 0 Å². The van der Waals surface area contributed by atoms with Gasteiger partial charge in [-0.1, -0.05) is 6.92 Å². The second-order valence-corrected chi connectivity index (χ2v) is 6.84. The van der Waals surface area contributed by atoms with E-state index in [2.05, 4.69) is 6.92 Å². The first-order valence-electron chi connectivity index (χ1n) is 8.52. The van der Waals surface area contributed by atoms with E-state index in [-0.39, 0.29) is 5.91 Å². The van der Waals surface area contributed by atoms with Crippen LogP contribution in [0.25, 0.3) is 0 Å². The van der Waals surface area contributed by atoms with Crippen LogP contribution >= 0.6 is 0 Å². The molecule has 0 N–H and O–H groups in total. The fourth-order valence-corrected chi connectivity index (χ4v) is 3.55. The molecule has 2 aliphatic rings. The number of amides is 1. The van der Waals surface area contributed by atoms with E-state index in [9.17, 15) is 4.79 Å². The van der Waals surface area contributed by atoms with Gasteiger partial charge in [-0.05, 0) is 63.2 Å². The van der Waals surface area contributed by atoms with Gasteiger partial charge in [-0.3, -0.25) is 4.79 Å². The number of nitrogens with zero attached hydrogens (tertiary/aromatic N) is 1. The molecule has 2 fully saturated rings. The maximum absolute atomic E-state index is 11.3. The van der Waals surface area contributed by atoms with Crippen molar-refractivity contribution in [2.45, 2.75) is 71.3 Å². The number of ether oxygens (including phenoxy) is 1. The summed E-state index contributed by atoms with van der Waals surface area (Å²) in [5, 5.41) is 0. The van der Waals surface area contributed by atoms with E-state index in [4.69, 9.17) is 4.74 Å². The second-order valence-electron chi connectivity index (χ2n) is 6.84. The molecule has 1 aliphatic heterocycles. The number of hydrogen-bond donors (Lipinski definition) is 0. The maximum atomic E-state index is 11.3. The molecule has 1 amide bonds. The van der Waals surface area contributed by atoms with Gasteiger partial charge < -0.3 is 9.64 Å². The van der Waals surface area contributed by atoms with Crippen molar-refractivity contribution >= 4 is 5.91 Å². The molecule has 0 aromatic heterocycles. The Morgan fingerprint density at radius 3 is 2.35 bits per heavy atom. The fourth-order valence-electron chi connectivity index (χ4n) is 3.55. The Morgan fingerprint density at radius 1 is 1.10 bits per heavy atom. The Kier molecular flexibility index (Phi) is 6.34. The van der Waals surface area contributed by atoms with Crippen LogP contribution in [0.15, 0.2) is 0 Å². The monoisotopic (exact) mass is 281 g/mol.